The Hall–Kier alpha value is 0.230. The first-order chi connectivity index (χ1) is 5.75. The Bertz CT molecular complexity index is 297. The summed E-state index contributed by atoms with van der Waals surface area (Å²) >= 11 is 5.75. The van der Waals surface area contributed by atoms with Crippen LogP contribution in [0.25, 0.3) is 0 Å². The van der Waals surface area contributed by atoms with Crippen molar-refractivity contribution in [2.45, 2.75) is 18.9 Å². The zero-order valence-corrected chi connectivity index (χ0v) is 10.1. The fourth-order valence-corrected chi connectivity index (χ4v) is 1.74. The Morgan fingerprint density at radius 3 is 2.83 bits per heavy atom. The molecule has 1 aliphatic rings. The van der Waals surface area contributed by atoms with Crippen molar-refractivity contribution in [1.29, 1.82) is 0 Å². The minimum Gasteiger partial charge on any atom is -0.489 e. The highest BCUT2D eigenvalue weighted by atomic mass is 127. The number of hydrogen-bond acceptors (Lipinski definition) is 1. The number of benzene rings is 1. The van der Waals surface area contributed by atoms with Gasteiger partial charge in [0.25, 0.3) is 0 Å². The van der Waals surface area contributed by atoms with E-state index in [1.165, 1.54) is 16.4 Å². The van der Waals surface area contributed by atoms with Crippen LogP contribution in [-0.2, 0) is 0 Å². The second kappa shape index (κ2) is 3.54. The Morgan fingerprint density at radius 2 is 2.17 bits per heavy atom. The molecule has 0 radical (unpaired) electrons. The molecule has 1 aliphatic carbocycles. The Labute approximate surface area is 93.8 Å². The Kier molecular flexibility index (Phi) is 2.60. The van der Waals surface area contributed by atoms with Crippen LogP contribution in [0, 0.1) is 3.57 Å². The minimum atomic E-state index is 0.472. The van der Waals surface area contributed by atoms with Crippen LogP contribution in [-0.4, -0.2) is 6.10 Å². The van der Waals surface area contributed by atoms with Crippen molar-refractivity contribution in [3.8, 4) is 5.75 Å². The van der Waals surface area contributed by atoms with Crippen molar-refractivity contribution in [3.05, 3.63) is 26.2 Å². The predicted molar refractivity (Wildman–Crippen MR) is 60.5 cm³/mol. The molecule has 0 amide bonds. The monoisotopic (exact) mass is 338 g/mol. The normalized spacial score (nSPS) is 16.2. The van der Waals surface area contributed by atoms with Crippen LogP contribution in [0.15, 0.2) is 22.7 Å². The molecule has 1 aromatic rings. The average Bonchev–Trinajstić information content (AvgIpc) is 2.81. The van der Waals surface area contributed by atoms with Crippen molar-refractivity contribution in [1.82, 2.24) is 0 Å². The highest BCUT2D eigenvalue weighted by Gasteiger charge is 2.24. The first-order valence-electron chi connectivity index (χ1n) is 3.87. The van der Waals surface area contributed by atoms with E-state index in [1.807, 2.05) is 6.07 Å². The Morgan fingerprint density at radius 1 is 1.42 bits per heavy atom. The second-order valence-electron chi connectivity index (χ2n) is 2.89. The molecule has 0 saturated heterocycles. The van der Waals surface area contributed by atoms with Crippen LogP contribution in [0.5, 0.6) is 5.75 Å². The smallest absolute Gasteiger partial charge is 0.134 e. The lowest BCUT2D eigenvalue weighted by molar-refractivity contribution is 0.301. The molecule has 64 valence electrons. The summed E-state index contributed by atoms with van der Waals surface area (Å²) in [6, 6.07) is 6.15. The maximum absolute atomic E-state index is 5.69. The topological polar surface area (TPSA) is 9.23 Å². The lowest BCUT2D eigenvalue weighted by Gasteiger charge is -2.06. The molecule has 0 aromatic heterocycles. The highest BCUT2D eigenvalue weighted by molar-refractivity contribution is 14.1. The quantitative estimate of drug-likeness (QED) is 0.749. The van der Waals surface area contributed by atoms with Gasteiger partial charge in [0.2, 0.25) is 0 Å². The van der Waals surface area contributed by atoms with E-state index in [0.29, 0.717) is 6.10 Å². The van der Waals surface area contributed by atoms with Gasteiger partial charge in [0.1, 0.15) is 5.75 Å². The van der Waals surface area contributed by atoms with Crippen molar-refractivity contribution in [2.24, 2.45) is 0 Å². The molecule has 0 spiro atoms. The molecule has 1 aromatic carbocycles. The molecular formula is C9H8BrIO. The molecule has 12 heavy (non-hydrogen) atoms. The van der Waals surface area contributed by atoms with E-state index < -0.39 is 0 Å². The average molecular weight is 339 g/mol. The lowest BCUT2D eigenvalue weighted by atomic mass is 10.3. The summed E-state index contributed by atoms with van der Waals surface area (Å²) in [5, 5.41) is 0. The zero-order chi connectivity index (χ0) is 8.55. The van der Waals surface area contributed by atoms with Crippen LogP contribution < -0.4 is 4.74 Å². The highest BCUT2D eigenvalue weighted by Crippen LogP contribution is 2.32. The molecule has 0 atom stereocenters. The summed E-state index contributed by atoms with van der Waals surface area (Å²) in [5.74, 6) is 0.976. The van der Waals surface area contributed by atoms with Crippen molar-refractivity contribution >= 4 is 38.5 Å². The van der Waals surface area contributed by atoms with E-state index in [2.05, 4.69) is 50.7 Å². The van der Waals surface area contributed by atoms with Gasteiger partial charge in [0.15, 0.2) is 0 Å². The molecule has 3 heteroatoms. The Balaban J connectivity index is 2.21. The standard InChI is InChI=1S/C9H8BrIO/c10-8-4-1-6(11)5-9(8)12-7-2-3-7/h1,4-5,7H,2-3H2. The van der Waals surface area contributed by atoms with Crippen LogP contribution in [0.4, 0.5) is 0 Å². The summed E-state index contributed by atoms with van der Waals surface area (Å²) in [5.41, 5.74) is 0. The van der Waals surface area contributed by atoms with E-state index in [1.54, 1.807) is 0 Å². The van der Waals surface area contributed by atoms with Gasteiger partial charge in [-0.15, -0.1) is 0 Å². The number of rotatable bonds is 2. The molecule has 1 fully saturated rings. The fraction of sp³-hybridized carbons (Fsp3) is 0.333. The molecule has 0 heterocycles. The van der Waals surface area contributed by atoms with Gasteiger partial charge in [-0.2, -0.15) is 0 Å². The van der Waals surface area contributed by atoms with E-state index in [0.717, 1.165) is 10.2 Å². The molecule has 2 rings (SSSR count). The van der Waals surface area contributed by atoms with Gasteiger partial charge in [-0.05, 0) is 69.6 Å². The van der Waals surface area contributed by atoms with Crippen molar-refractivity contribution in [3.63, 3.8) is 0 Å². The van der Waals surface area contributed by atoms with Crippen molar-refractivity contribution in [2.75, 3.05) is 0 Å². The van der Waals surface area contributed by atoms with Gasteiger partial charge in [-0.3, -0.25) is 0 Å². The van der Waals surface area contributed by atoms with E-state index in [9.17, 15) is 0 Å². The summed E-state index contributed by atoms with van der Waals surface area (Å²) in [6.07, 6.45) is 2.88. The molecule has 1 saturated carbocycles. The van der Waals surface area contributed by atoms with Gasteiger partial charge in [-0.25, -0.2) is 0 Å². The molecule has 0 unspecified atom stereocenters. The number of ether oxygens (including phenoxy) is 1. The molecular weight excluding hydrogens is 331 g/mol. The van der Waals surface area contributed by atoms with Crippen LogP contribution in [0.3, 0.4) is 0 Å². The summed E-state index contributed by atoms with van der Waals surface area (Å²) in [7, 11) is 0. The first-order valence-corrected chi connectivity index (χ1v) is 5.74. The molecule has 1 nitrogen and oxygen atoms in total. The lowest BCUT2D eigenvalue weighted by Crippen LogP contribution is -1.96. The third-order valence-electron chi connectivity index (χ3n) is 1.71. The van der Waals surface area contributed by atoms with E-state index in [4.69, 9.17) is 4.74 Å². The SMILES string of the molecule is Brc1ccc(I)cc1OC1CC1. The third-order valence-corrected chi connectivity index (χ3v) is 3.04. The fourth-order valence-electron chi connectivity index (χ4n) is 0.933. The number of halogens is 2. The summed E-state index contributed by atoms with van der Waals surface area (Å²) < 4.78 is 7.95. The second-order valence-corrected chi connectivity index (χ2v) is 4.99. The van der Waals surface area contributed by atoms with Crippen LogP contribution in [0.2, 0.25) is 0 Å². The molecule has 0 aliphatic heterocycles. The van der Waals surface area contributed by atoms with Crippen molar-refractivity contribution < 1.29 is 4.74 Å². The third kappa shape index (κ3) is 2.13. The molecule has 0 bridgehead atoms. The van der Waals surface area contributed by atoms with Gasteiger partial charge < -0.3 is 4.74 Å². The van der Waals surface area contributed by atoms with Gasteiger partial charge in [-0.1, -0.05) is 0 Å². The van der Waals surface area contributed by atoms with E-state index >= 15 is 0 Å². The molecule has 0 N–H and O–H groups in total. The van der Waals surface area contributed by atoms with Crippen LogP contribution in [0.1, 0.15) is 12.8 Å². The zero-order valence-electron chi connectivity index (χ0n) is 6.39. The summed E-state index contributed by atoms with van der Waals surface area (Å²) in [6.45, 7) is 0. The van der Waals surface area contributed by atoms with Gasteiger partial charge >= 0.3 is 0 Å². The maximum Gasteiger partial charge on any atom is 0.134 e. The van der Waals surface area contributed by atoms with Gasteiger partial charge in [0, 0.05) is 3.57 Å². The summed E-state index contributed by atoms with van der Waals surface area (Å²) in [4.78, 5) is 0. The predicted octanol–water partition coefficient (Wildman–Crippen LogP) is 3.59. The first kappa shape index (κ1) is 8.81. The number of hydrogen-bond donors (Lipinski definition) is 0. The largest absolute Gasteiger partial charge is 0.489 e. The van der Waals surface area contributed by atoms with Crippen LogP contribution >= 0.6 is 38.5 Å². The minimum absolute atomic E-state index is 0.472. The maximum atomic E-state index is 5.69. The van der Waals surface area contributed by atoms with E-state index in [-0.39, 0.29) is 0 Å². The van der Waals surface area contributed by atoms with Gasteiger partial charge in [0.05, 0.1) is 10.6 Å².